The summed E-state index contributed by atoms with van der Waals surface area (Å²) in [7, 11) is -4.04. The van der Waals surface area contributed by atoms with Crippen LogP contribution in [0.25, 0.3) is 0 Å². The minimum Gasteiger partial charge on any atom is -0.478 e. The van der Waals surface area contributed by atoms with Gasteiger partial charge < -0.3 is 10.1 Å². The zero-order valence-electron chi connectivity index (χ0n) is 14.5. The summed E-state index contributed by atoms with van der Waals surface area (Å²) in [6, 6.07) is 10.9. The van der Waals surface area contributed by atoms with Crippen molar-refractivity contribution in [2.45, 2.75) is 24.8 Å². The second-order valence-corrected chi connectivity index (χ2v) is 7.17. The third kappa shape index (κ3) is 5.76. The fourth-order valence-electron chi connectivity index (χ4n) is 1.98. The minimum atomic E-state index is -4.04. The summed E-state index contributed by atoms with van der Waals surface area (Å²) in [5.41, 5.74) is 2.44. The van der Waals surface area contributed by atoms with Gasteiger partial charge in [0.15, 0.2) is 17.7 Å². The molecular weight excluding hydrogens is 377 g/mol. The van der Waals surface area contributed by atoms with Crippen molar-refractivity contribution < 1.29 is 27.1 Å². The van der Waals surface area contributed by atoms with Gasteiger partial charge in [-0.05, 0) is 43.3 Å². The molecule has 2 aromatic rings. The highest BCUT2D eigenvalue weighted by Crippen LogP contribution is 2.17. The van der Waals surface area contributed by atoms with Crippen LogP contribution in [0.15, 0.2) is 53.4 Å². The van der Waals surface area contributed by atoms with E-state index in [1.807, 2.05) is 10.3 Å². The number of benzene rings is 2. The van der Waals surface area contributed by atoms with E-state index in [0.29, 0.717) is 5.69 Å². The fourth-order valence-corrected chi connectivity index (χ4v) is 2.83. The molecule has 3 N–H and O–H groups in total. The van der Waals surface area contributed by atoms with E-state index in [1.165, 1.54) is 62.4 Å². The number of nitrogens with one attached hydrogen (secondary N) is 3. The van der Waals surface area contributed by atoms with Crippen molar-refractivity contribution in [3.05, 3.63) is 54.3 Å². The maximum atomic E-state index is 13.5. The molecule has 10 heteroatoms. The minimum absolute atomic E-state index is 0.125. The SMILES string of the molecule is CC(=O)Nc1ccc(S(=O)(=O)NNC(=O)[C@@H](C)Oc2ccccc2F)cc1. The summed E-state index contributed by atoms with van der Waals surface area (Å²) < 4.78 is 43.1. The van der Waals surface area contributed by atoms with Crippen LogP contribution in [0, 0.1) is 5.82 Å². The third-order valence-electron chi connectivity index (χ3n) is 3.30. The Labute approximate surface area is 155 Å². The van der Waals surface area contributed by atoms with Crippen LogP contribution in [-0.2, 0) is 19.6 Å². The Morgan fingerprint density at radius 2 is 1.70 bits per heavy atom. The van der Waals surface area contributed by atoms with Gasteiger partial charge in [-0.15, -0.1) is 4.83 Å². The van der Waals surface area contributed by atoms with Gasteiger partial charge in [0, 0.05) is 12.6 Å². The van der Waals surface area contributed by atoms with Gasteiger partial charge in [-0.25, -0.2) is 12.8 Å². The molecule has 2 aromatic carbocycles. The van der Waals surface area contributed by atoms with Crippen LogP contribution in [0.5, 0.6) is 5.75 Å². The molecule has 27 heavy (non-hydrogen) atoms. The van der Waals surface area contributed by atoms with Crippen LogP contribution in [0.1, 0.15) is 13.8 Å². The van der Waals surface area contributed by atoms with Gasteiger partial charge in [-0.1, -0.05) is 12.1 Å². The van der Waals surface area contributed by atoms with E-state index in [-0.39, 0.29) is 16.6 Å². The lowest BCUT2D eigenvalue weighted by molar-refractivity contribution is -0.127. The Balaban J connectivity index is 1.96. The molecule has 0 fully saturated rings. The van der Waals surface area contributed by atoms with Crippen LogP contribution in [0.2, 0.25) is 0 Å². The van der Waals surface area contributed by atoms with Crippen LogP contribution in [0.4, 0.5) is 10.1 Å². The number of anilines is 1. The van der Waals surface area contributed by atoms with Gasteiger partial charge in [-0.2, -0.15) is 0 Å². The standard InChI is InChI=1S/C17H18FN3O5S/c1-11(26-16-6-4-3-5-15(16)18)17(23)20-21-27(24,25)14-9-7-13(8-10-14)19-12(2)22/h3-11,21H,1-2H3,(H,19,22)(H,20,23)/t11-/m1/s1. The van der Waals surface area contributed by atoms with Crippen molar-refractivity contribution >= 4 is 27.5 Å². The van der Waals surface area contributed by atoms with E-state index in [4.69, 9.17) is 4.74 Å². The molecule has 0 heterocycles. The quantitative estimate of drug-likeness (QED) is 0.616. The second kappa shape index (κ2) is 8.60. The Kier molecular flexibility index (Phi) is 6.48. The number of hydrogen-bond acceptors (Lipinski definition) is 5. The zero-order valence-corrected chi connectivity index (χ0v) is 15.3. The summed E-state index contributed by atoms with van der Waals surface area (Å²) in [6.07, 6.45) is -1.15. The highest BCUT2D eigenvalue weighted by Gasteiger charge is 2.20. The molecule has 0 spiro atoms. The lowest BCUT2D eigenvalue weighted by atomic mass is 10.3. The van der Waals surface area contributed by atoms with E-state index in [2.05, 4.69) is 5.32 Å². The van der Waals surface area contributed by atoms with Crippen molar-refractivity contribution in [1.82, 2.24) is 10.3 Å². The highest BCUT2D eigenvalue weighted by atomic mass is 32.2. The lowest BCUT2D eigenvalue weighted by Gasteiger charge is -2.15. The monoisotopic (exact) mass is 395 g/mol. The van der Waals surface area contributed by atoms with Crippen molar-refractivity contribution in [3.8, 4) is 5.75 Å². The predicted molar refractivity (Wildman–Crippen MR) is 95.7 cm³/mol. The Morgan fingerprint density at radius 1 is 1.07 bits per heavy atom. The first-order valence-corrected chi connectivity index (χ1v) is 9.28. The van der Waals surface area contributed by atoms with Crippen LogP contribution in [-0.4, -0.2) is 26.3 Å². The van der Waals surface area contributed by atoms with E-state index in [0.717, 1.165) is 0 Å². The van der Waals surface area contributed by atoms with Crippen molar-refractivity contribution in [2.24, 2.45) is 0 Å². The van der Waals surface area contributed by atoms with Gasteiger partial charge in [0.2, 0.25) is 5.91 Å². The first kappa shape index (κ1) is 20.3. The van der Waals surface area contributed by atoms with Crippen molar-refractivity contribution in [2.75, 3.05) is 5.32 Å². The molecule has 2 amide bonds. The van der Waals surface area contributed by atoms with Gasteiger partial charge >= 0.3 is 0 Å². The molecule has 0 bridgehead atoms. The summed E-state index contributed by atoms with van der Waals surface area (Å²) in [5.74, 6) is -1.87. The summed E-state index contributed by atoms with van der Waals surface area (Å²) in [6.45, 7) is 2.67. The van der Waals surface area contributed by atoms with Crippen LogP contribution in [0.3, 0.4) is 0 Å². The van der Waals surface area contributed by atoms with Gasteiger partial charge in [-0.3, -0.25) is 15.0 Å². The number of para-hydroxylation sites is 1. The Hall–Kier alpha value is -2.98. The second-order valence-electron chi connectivity index (χ2n) is 5.49. The first-order valence-electron chi connectivity index (χ1n) is 7.79. The maximum absolute atomic E-state index is 13.5. The normalized spacial score (nSPS) is 12.1. The molecular formula is C17H18FN3O5S. The van der Waals surface area contributed by atoms with Gasteiger partial charge in [0.1, 0.15) is 0 Å². The molecule has 144 valence electrons. The number of ether oxygens (including phenoxy) is 1. The molecule has 0 radical (unpaired) electrons. The number of hydrogen-bond donors (Lipinski definition) is 3. The summed E-state index contributed by atoms with van der Waals surface area (Å²) >= 11 is 0. The fraction of sp³-hybridized carbons (Fsp3) is 0.176. The number of carbonyl (C=O) groups excluding carboxylic acids is 2. The first-order chi connectivity index (χ1) is 12.7. The van der Waals surface area contributed by atoms with Crippen molar-refractivity contribution in [1.29, 1.82) is 0 Å². The molecule has 8 nitrogen and oxygen atoms in total. The molecule has 0 aliphatic carbocycles. The average Bonchev–Trinajstić information content (AvgIpc) is 2.61. The van der Waals surface area contributed by atoms with Crippen LogP contribution >= 0.6 is 0 Å². The molecule has 0 aromatic heterocycles. The van der Waals surface area contributed by atoms with E-state index < -0.39 is 27.9 Å². The molecule has 0 saturated heterocycles. The summed E-state index contributed by atoms with van der Waals surface area (Å²) in [5, 5.41) is 2.51. The van der Waals surface area contributed by atoms with Gasteiger partial charge in [0.25, 0.3) is 15.9 Å². The molecule has 0 aliphatic heterocycles. The van der Waals surface area contributed by atoms with E-state index in [9.17, 15) is 22.4 Å². The number of carbonyl (C=O) groups is 2. The van der Waals surface area contributed by atoms with Crippen LogP contribution < -0.4 is 20.3 Å². The molecule has 1 atom stereocenters. The number of rotatable bonds is 7. The molecule has 0 unspecified atom stereocenters. The number of hydrazine groups is 1. The molecule has 0 aliphatic rings. The average molecular weight is 395 g/mol. The van der Waals surface area contributed by atoms with E-state index in [1.54, 1.807) is 0 Å². The smallest absolute Gasteiger partial charge is 0.275 e. The molecule has 0 saturated carbocycles. The molecule has 2 rings (SSSR count). The highest BCUT2D eigenvalue weighted by molar-refractivity contribution is 7.89. The number of halogens is 1. The number of amides is 2. The Morgan fingerprint density at radius 3 is 2.30 bits per heavy atom. The van der Waals surface area contributed by atoms with E-state index >= 15 is 0 Å². The largest absolute Gasteiger partial charge is 0.478 e. The predicted octanol–water partition coefficient (Wildman–Crippen LogP) is 1.56. The van der Waals surface area contributed by atoms with Crippen molar-refractivity contribution in [3.63, 3.8) is 0 Å². The summed E-state index contributed by atoms with van der Waals surface area (Å²) in [4.78, 5) is 24.7. The maximum Gasteiger partial charge on any atom is 0.275 e. The van der Waals surface area contributed by atoms with Gasteiger partial charge in [0.05, 0.1) is 4.90 Å². The zero-order chi connectivity index (χ0) is 20.0. The lowest BCUT2D eigenvalue weighted by Crippen LogP contribution is -2.47. The Bertz CT molecular complexity index is 932. The topological polar surface area (TPSA) is 114 Å². The third-order valence-corrected chi connectivity index (χ3v) is 4.57. The number of sulfonamides is 1.